The number of methoxy groups -OCH3 is 1. The third-order valence-electron chi connectivity index (χ3n) is 4.66. The summed E-state index contributed by atoms with van der Waals surface area (Å²) in [6.07, 6.45) is 5.15. The molecule has 1 saturated carbocycles. The van der Waals surface area contributed by atoms with Crippen LogP contribution in [0.3, 0.4) is 0 Å². The van der Waals surface area contributed by atoms with Crippen LogP contribution < -0.4 is 4.74 Å². The molecule has 3 rings (SSSR count). The number of carbonyl (C=O) groups excluding carboxylic acids is 1. The molecule has 0 spiro atoms. The highest BCUT2D eigenvalue weighted by Crippen LogP contribution is 2.37. The number of fused-ring (bicyclic) bond motifs is 1. The quantitative estimate of drug-likeness (QED) is 0.833. The summed E-state index contributed by atoms with van der Waals surface area (Å²) in [4.78, 5) is 14.7. The number of amides is 1. The first-order chi connectivity index (χ1) is 9.69. The van der Waals surface area contributed by atoms with Gasteiger partial charge in [-0.05, 0) is 42.9 Å². The van der Waals surface area contributed by atoms with Crippen molar-refractivity contribution in [3.63, 3.8) is 0 Å². The minimum Gasteiger partial charge on any atom is -0.496 e. The molecule has 0 bridgehead atoms. The summed E-state index contributed by atoms with van der Waals surface area (Å²) in [6.45, 7) is 1.78. The minimum atomic E-state index is 0.0544. The van der Waals surface area contributed by atoms with Gasteiger partial charge in [0.05, 0.1) is 12.7 Å². The van der Waals surface area contributed by atoms with Gasteiger partial charge in [-0.25, -0.2) is 0 Å². The number of hydrogen-bond donors (Lipinski definition) is 0. The van der Waals surface area contributed by atoms with Gasteiger partial charge in [-0.1, -0.05) is 24.4 Å². The molecule has 1 amide bonds. The second-order valence-corrected chi connectivity index (χ2v) is 6.30. The topological polar surface area (TPSA) is 29.5 Å². The number of halogens is 1. The van der Waals surface area contributed by atoms with Crippen LogP contribution in [0.15, 0.2) is 18.2 Å². The molecule has 1 saturated heterocycles. The zero-order chi connectivity index (χ0) is 14.1. The van der Waals surface area contributed by atoms with E-state index in [-0.39, 0.29) is 5.91 Å². The van der Waals surface area contributed by atoms with Crippen molar-refractivity contribution in [3.05, 3.63) is 28.8 Å². The Labute approximate surface area is 124 Å². The molecular weight excluding hydrogens is 274 g/mol. The number of ether oxygens (including phenoxy) is 1. The van der Waals surface area contributed by atoms with E-state index in [9.17, 15) is 4.79 Å². The van der Waals surface area contributed by atoms with Crippen molar-refractivity contribution in [1.29, 1.82) is 0 Å². The summed E-state index contributed by atoms with van der Waals surface area (Å²) in [5, 5.41) is 0.575. The van der Waals surface area contributed by atoms with E-state index >= 15 is 0 Å². The fourth-order valence-electron chi connectivity index (χ4n) is 3.59. The molecule has 108 valence electrons. The maximum Gasteiger partial charge on any atom is 0.257 e. The SMILES string of the molecule is COc1ccc(Cl)cc1C(=O)N1CC2CCCCC2C1. The Kier molecular flexibility index (Phi) is 3.88. The molecule has 0 N–H and O–H groups in total. The fourth-order valence-corrected chi connectivity index (χ4v) is 3.76. The summed E-state index contributed by atoms with van der Waals surface area (Å²) in [5.41, 5.74) is 0.582. The van der Waals surface area contributed by atoms with Crippen molar-refractivity contribution in [3.8, 4) is 5.75 Å². The Balaban J connectivity index is 1.81. The predicted molar refractivity (Wildman–Crippen MR) is 79.4 cm³/mol. The molecule has 0 aromatic heterocycles. The van der Waals surface area contributed by atoms with Crippen LogP contribution in [0.4, 0.5) is 0 Å². The monoisotopic (exact) mass is 293 g/mol. The third kappa shape index (κ3) is 2.51. The molecular formula is C16H20ClNO2. The summed E-state index contributed by atoms with van der Waals surface area (Å²) in [6, 6.07) is 5.23. The molecule has 1 aliphatic heterocycles. The van der Waals surface area contributed by atoms with Crippen LogP contribution in [0, 0.1) is 11.8 Å². The highest BCUT2D eigenvalue weighted by Gasteiger charge is 2.37. The molecule has 1 aliphatic carbocycles. The number of hydrogen-bond acceptors (Lipinski definition) is 2. The third-order valence-corrected chi connectivity index (χ3v) is 4.89. The zero-order valence-corrected chi connectivity index (χ0v) is 12.5. The number of likely N-dealkylation sites (tertiary alicyclic amines) is 1. The smallest absolute Gasteiger partial charge is 0.257 e. The first kappa shape index (κ1) is 13.7. The molecule has 4 heteroatoms. The summed E-state index contributed by atoms with van der Waals surface area (Å²) < 4.78 is 5.29. The summed E-state index contributed by atoms with van der Waals surface area (Å²) in [7, 11) is 1.59. The molecule has 2 atom stereocenters. The van der Waals surface area contributed by atoms with Gasteiger partial charge in [0, 0.05) is 18.1 Å². The molecule has 0 radical (unpaired) electrons. The van der Waals surface area contributed by atoms with Crippen molar-refractivity contribution in [2.24, 2.45) is 11.8 Å². The Morgan fingerprint density at radius 3 is 2.50 bits per heavy atom. The first-order valence-corrected chi connectivity index (χ1v) is 7.69. The van der Waals surface area contributed by atoms with Gasteiger partial charge in [0.2, 0.25) is 0 Å². The number of nitrogens with zero attached hydrogens (tertiary/aromatic N) is 1. The number of rotatable bonds is 2. The number of benzene rings is 1. The zero-order valence-electron chi connectivity index (χ0n) is 11.8. The van der Waals surface area contributed by atoms with Gasteiger partial charge in [0.25, 0.3) is 5.91 Å². The Bertz CT molecular complexity index is 503. The van der Waals surface area contributed by atoms with Gasteiger partial charge >= 0.3 is 0 Å². The lowest BCUT2D eigenvalue weighted by Gasteiger charge is -2.22. The maximum atomic E-state index is 12.7. The van der Waals surface area contributed by atoms with Crippen LogP contribution in [-0.2, 0) is 0 Å². The minimum absolute atomic E-state index is 0.0544. The van der Waals surface area contributed by atoms with E-state index in [0.29, 0.717) is 28.2 Å². The van der Waals surface area contributed by atoms with Gasteiger partial charge in [0.15, 0.2) is 0 Å². The lowest BCUT2D eigenvalue weighted by atomic mass is 9.82. The van der Waals surface area contributed by atoms with E-state index in [1.807, 2.05) is 4.90 Å². The standard InChI is InChI=1S/C16H20ClNO2/c1-20-15-7-6-13(17)8-14(15)16(19)18-9-11-4-2-3-5-12(11)10-18/h6-8,11-12H,2-5,9-10H2,1H3. The summed E-state index contributed by atoms with van der Waals surface area (Å²) in [5.74, 6) is 2.05. The van der Waals surface area contributed by atoms with E-state index in [0.717, 1.165) is 13.1 Å². The second-order valence-electron chi connectivity index (χ2n) is 5.86. The molecule has 20 heavy (non-hydrogen) atoms. The Hall–Kier alpha value is -1.22. The highest BCUT2D eigenvalue weighted by molar-refractivity contribution is 6.31. The molecule has 2 unspecified atom stereocenters. The van der Waals surface area contributed by atoms with E-state index in [2.05, 4.69) is 0 Å². The van der Waals surface area contributed by atoms with E-state index in [4.69, 9.17) is 16.3 Å². The lowest BCUT2D eigenvalue weighted by molar-refractivity contribution is 0.0780. The average Bonchev–Trinajstić information content (AvgIpc) is 2.90. The Morgan fingerprint density at radius 2 is 1.90 bits per heavy atom. The molecule has 3 nitrogen and oxygen atoms in total. The lowest BCUT2D eigenvalue weighted by Crippen LogP contribution is -2.29. The van der Waals surface area contributed by atoms with Crippen molar-refractivity contribution < 1.29 is 9.53 Å². The van der Waals surface area contributed by atoms with Gasteiger partial charge < -0.3 is 9.64 Å². The van der Waals surface area contributed by atoms with Crippen LogP contribution >= 0.6 is 11.6 Å². The van der Waals surface area contributed by atoms with Crippen molar-refractivity contribution >= 4 is 17.5 Å². The molecule has 2 fully saturated rings. The molecule has 1 aromatic rings. The highest BCUT2D eigenvalue weighted by atomic mass is 35.5. The van der Waals surface area contributed by atoms with E-state index < -0.39 is 0 Å². The van der Waals surface area contributed by atoms with Gasteiger partial charge in [-0.15, -0.1) is 0 Å². The second kappa shape index (κ2) is 5.65. The first-order valence-electron chi connectivity index (χ1n) is 7.32. The van der Waals surface area contributed by atoms with Crippen LogP contribution in [0.2, 0.25) is 5.02 Å². The van der Waals surface area contributed by atoms with Crippen LogP contribution in [0.5, 0.6) is 5.75 Å². The van der Waals surface area contributed by atoms with Crippen LogP contribution in [-0.4, -0.2) is 31.0 Å². The van der Waals surface area contributed by atoms with Crippen molar-refractivity contribution in [1.82, 2.24) is 4.90 Å². The number of carbonyl (C=O) groups is 1. The van der Waals surface area contributed by atoms with Crippen LogP contribution in [0.25, 0.3) is 0 Å². The van der Waals surface area contributed by atoms with Gasteiger partial charge in [-0.2, -0.15) is 0 Å². The molecule has 1 aromatic carbocycles. The van der Waals surface area contributed by atoms with Crippen molar-refractivity contribution in [2.45, 2.75) is 25.7 Å². The molecule has 1 heterocycles. The fraction of sp³-hybridized carbons (Fsp3) is 0.562. The Morgan fingerprint density at radius 1 is 1.25 bits per heavy atom. The van der Waals surface area contributed by atoms with Gasteiger partial charge in [-0.3, -0.25) is 4.79 Å². The van der Waals surface area contributed by atoms with Crippen molar-refractivity contribution in [2.75, 3.05) is 20.2 Å². The van der Waals surface area contributed by atoms with E-state index in [1.165, 1.54) is 25.7 Å². The normalized spacial score (nSPS) is 25.4. The van der Waals surface area contributed by atoms with E-state index in [1.54, 1.807) is 25.3 Å². The largest absolute Gasteiger partial charge is 0.496 e. The summed E-state index contributed by atoms with van der Waals surface area (Å²) >= 11 is 6.02. The molecule has 2 aliphatic rings. The van der Waals surface area contributed by atoms with Crippen LogP contribution in [0.1, 0.15) is 36.0 Å². The average molecular weight is 294 g/mol. The van der Waals surface area contributed by atoms with Gasteiger partial charge in [0.1, 0.15) is 5.75 Å². The predicted octanol–water partition coefficient (Wildman–Crippen LogP) is 3.61. The maximum absolute atomic E-state index is 12.7.